The van der Waals surface area contributed by atoms with Gasteiger partial charge in [0.15, 0.2) is 0 Å². The molecule has 0 spiro atoms. The Kier molecular flexibility index (Phi) is 5.17. The van der Waals surface area contributed by atoms with Crippen molar-refractivity contribution in [2.45, 2.75) is 19.6 Å². The quantitative estimate of drug-likeness (QED) is 0.879. The Morgan fingerprint density at radius 1 is 1.48 bits per heavy atom. The van der Waals surface area contributed by atoms with Gasteiger partial charge in [0.2, 0.25) is 5.91 Å². The van der Waals surface area contributed by atoms with Crippen molar-refractivity contribution in [1.82, 2.24) is 9.88 Å². The average Bonchev–Trinajstić information content (AvgIpc) is 2.77. The molecular weight excluding hydrogens is 312 g/mol. The smallest absolute Gasteiger partial charge is 0.307 e. The van der Waals surface area contributed by atoms with Crippen LogP contribution in [0.25, 0.3) is 0 Å². The number of nitrogens with zero attached hydrogens (tertiary/aromatic N) is 1. The molecule has 1 amide bonds. The van der Waals surface area contributed by atoms with E-state index in [-0.39, 0.29) is 23.9 Å². The Labute approximate surface area is 130 Å². The van der Waals surface area contributed by atoms with Crippen molar-refractivity contribution < 1.29 is 9.90 Å². The van der Waals surface area contributed by atoms with Gasteiger partial charge in [0.05, 0.1) is 6.10 Å². The highest BCUT2D eigenvalue weighted by atomic mass is 35.5. The van der Waals surface area contributed by atoms with Gasteiger partial charge in [-0.1, -0.05) is 41.1 Å². The molecule has 0 fully saturated rings. The van der Waals surface area contributed by atoms with Crippen molar-refractivity contribution in [2.75, 3.05) is 6.54 Å². The predicted octanol–water partition coefficient (Wildman–Crippen LogP) is 1.72. The molecule has 1 heterocycles. The van der Waals surface area contributed by atoms with Gasteiger partial charge < -0.3 is 10.4 Å². The third-order valence-corrected chi connectivity index (χ3v) is 4.26. The van der Waals surface area contributed by atoms with E-state index in [0.717, 1.165) is 17.0 Å². The molecule has 2 rings (SSSR count). The van der Waals surface area contributed by atoms with Gasteiger partial charge in [-0.15, -0.1) is 0 Å². The second-order valence-corrected chi connectivity index (χ2v) is 5.80. The number of nitrogens with one attached hydrogen (secondary N) is 1. The van der Waals surface area contributed by atoms with Crippen LogP contribution < -0.4 is 10.2 Å². The Morgan fingerprint density at radius 2 is 2.19 bits per heavy atom. The molecule has 0 aliphatic carbocycles. The van der Waals surface area contributed by atoms with E-state index in [9.17, 15) is 14.7 Å². The number of thiazole rings is 1. The lowest BCUT2D eigenvalue weighted by Gasteiger charge is -2.14. The molecule has 0 saturated carbocycles. The molecule has 0 bridgehead atoms. The second-order valence-electron chi connectivity index (χ2n) is 4.57. The highest BCUT2D eigenvalue weighted by molar-refractivity contribution is 7.07. The summed E-state index contributed by atoms with van der Waals surface area (Å²) in [4.78, 5) is 23.2. The van der Waals surface area contributed by atoms with Crippen LogP contribution in [0.1, 0.15) is 17.4 Å². The van der Waals surface area contributed by atoms with Crippen molar-refractivity contribution in [1.29, 1.82) is 0 Å². The molecule has 7 heteroatoms. The van der Waals surface area contributed by atoms with E-state index < -0.39 is 6.10 Å². The number of halogens is 1. The fraction of sp³-hybridized carbons (Fsp3) is 0.286. The number of rotatable bonds is 5. The zero-order chi connectivity index (χ0) is 15.4. The summed E-state index contributed by atoms with van der Waals surface area (Å²) < 4.78 is 1.39. The van der Waals surface area contributed by atoms with Gasteiger partial charge in [-0.3, -0.25) is 14.2 Å². The maximum absolute atomic E-state index is 11.8. The lowest BCUT2D eigenvalue weighted by atomic mass is 10.1. The number of amides is 1. The third-order valence-electron chi connectivity index (χ3n) is 3.03. The van der Waals surface area contributed by atoms with Crippen molar-refractivity contribution in [2.24, 2.45) is 0 Å². The van der Waals surface area contributed by atoms with Crippen LogP contribution in [0.4, 0.5) is 0 Å². The Hall–Kier alpha value is -1.63. The number of hydrogen-bond donors (Lipinski definition) is 2. The molecule has 2 aromatic rings. The molecule has 0 aliphatic heterocycles. The van der Waals surface area contributed by atoms with E-state index in [0.29, 0.717) is 10.6 Å². The summed E-state index contributed by atoms with van der Waals surface area (Å²) in [7, 11) is 0. The highest BCUT2D eigenvalue weighted by Gasteiger charge is 2.13. The van der Waals surface area contributed by atoms with E-state index >= 15 is 0 Å². The van der Waals surface area contributed by atoms with Gasteiger partial charge >= 0.3 is 4.87 Å². The van der Waals surface area contributed by atoms with Crippen LogP contribution in [0.2, 0.25) is 5.02 Å². The Balaban J connectivity index is 1.93. The van der Waals surface area contributed by atoms with Crippen molar-refractivity contribution in [3.8, 4) is 0 Å². The topological polar surface area (TPSA) is 71.3 Å². The van der Waals surface area contributed by atoms with E-state index in [1.165, 1.54) is 4.57 Å². The largest absolute Gasteiger partial charge is 0.387 e. The van der Waals surface area contributed by atoms with E-state index in [4.69, 9.17) is 11.6 Å². The summed E-state index contributed by atoms with van der Waals surface area (Å²) in [6.07, 6.45) is -0.886. The molecule has 0 aliphatic rings. The third kappa shape index (κ3) is 3.93. The normalized spacial score (nSPS) is 12.1. The number of carbonyl (C=O) groups is 1. The first-order chi connectivity index (χ1) is 9.99. The number of aryl methyl sites for hydroxylation is 1. The van der Waals surface area contributed by atoms with Crippen molar-refractivity contribution in [3.05, 3.63) is 55.6 Å². The Bertz CT molecular complexity index is 696. The number of hydrogen-bond acceptors (Lipinski definition) is 4. The highest BCUT2D eigenvalue weighted by Crippen LogP contribution is 2.21. The zero-order valence-electron chi connectivity index (χ0n) is 11.4. The van der Waals surface area contributed by atoms with Crippen LogP contribution in [0.3, 0.4) is 0 Å². The number of carbonyl (C=O) groups excluding carboxylic acids is 1. The Morgan fingerprint density at radius 3 is 2.81 bits per heavy atom. The van der Waals surface area contributed by atoms with Crippen molar-refractivity contribution >= 4 is 28.8 Å². The summed E-state index contributed by atoms with van der Waals surface area (Å²) in [6.45, 7) is 1.76. The molecule has 5 nitrogen and oxygen atoms in total. The van der Waals surface area contributed by atoms with Gasteiger partial charge in [0.1, 0.15) is 6.54 Å². The van der Waals surface area contributed by atoms with Crippen molar-refractivity contribution in [3.63, 3.8) is 0 Å². The van der Waals surface area contributed by atoms with Crippen LogP contribution in [-0.2, 0) is 11.3 Å². The lowest BCUT2D eigenvalue weighted by Crippen LogP contribution is -2.33. The zero-order valence-corrected chi connectivity index (χ0v) is 12.9. The van der Waals surface area contributed by atoms with E-state index in [1.54, 1.807) is 36.6 Å². The maximum Gasteiger partial charge on any atom is 0.307 e. The van der Waals surface area contributed by atoms with Crippen LogP contribution >= 0.6 is 22.9 Å². The molecule has 1 aromatic heterocycles. The number of aliphatic hydroxyl groups is 1. The first-order valence-electron chi connectivity index (χ1n) is 6.33. The van der Waals surface area contributed by atoms with Crippen LogP contribution in [0.5, 0.6) is 0 Å². The molecular formula is C14H15ClN2O3S. The summed E-state index contributed by atoms with van der Waals surface area (Å²) in [5.74, 6) is -0.329. The molecule has 112 valence electrons. The van der Waals surface area contributed by atoms with Gasteiger partial charge in [-0.05, 0) is 13.0 Å². The molecule has 0 saturated heterocycles. The minimum Gasteiger partial charge on any atom is -0.387 e. The van der Waals surface area contributed by atoms with Crippen LogP contribution in [0.15, 0.2) is 34.4 Å². The molecule has 0 radical (unpaired) electrons. The standard InChI is InChI=1S/C14H15ClN2O3S/c1-9-8-21-14(20)17(9)7-13(19)16-6-12(18)10-4-2-3-5-11(10)15/h2-5,8,12,18H,6-7H2,1H3,(H,16,19). The minimum absolute atomic E-state index is 0.0422. The number of benzene rings is 1. The monoisotopic (exact) mass is 326 g/mol. The SMILES string of the molecule is Cc1csc(=O)n1CC(=O)NCC(O)c1ccccc1Cl. The predicted molar refractivity (Wildman–Crippen MR) is 82.7 cm³/mol. The summed E-state index contributed by atoms with van der Waals surface area (Å²) in [6, 6.07) is 6.91. The summed E-state index contributed by atoms with van der Waals surface area (Å²) in [5.41, 5.74) is 1.30. The molecule has 2 N–H and O–H groups in total. The summed E-state index contributed by atoms with van der Waals surface area (Å²) in [5, 5.41) is 14.8. The van der Waals surface area contributed by atoms with E-state index in [2.05, 4.69) is 5.32 Å². The fourth-order valence-electron chi connectivity index (χ4n) is 1.86. The molecule has 1 aromatic carbocycles. The number of aromatic nitrogens is 1. The van der Waals surface area contributed by atoms with E-state index in [1.807, 2.05) is 0 Å². The first-order valence-corrected chi connectivity index (χ1v) is 7.59. The summed E-state index contributed by atoms with van der Waals surface area (Å²) >= 11 is 7.03. The number of aliphatic hydroxyl groups excluding tert-OH is 1. The van der Waals surface area contributed by atoms with Gasteiger partial charge in [-0.2, -0.15) is 0 Å². The van der Waals surface area contributed by atoms with Gasteiger partial charge in [0, 0.05) is 28.2 Å². The van der Waals surface area contributed by atoms with Gasteiger partial charge in [0.25, 0.3) is 0 Å². The molecule has 21 heavy (non-hydrogen) atoms. The average molecular weight is 327 g/mol. The molecule has 1 unspecified atom stereocenters. The maximum atomic E-state index is 11.8. The van der Waals surface area contributed by atoms with Crippen LogP contribution in [-0.4, -0.2) is 22.1 Å². The fourth-order valence-corrected chi connectivity index (χ4v) is 2.86. The lowest BCUT2D eigenvalue weighted by molar-refractivity contribution is -0.122. The molecule has 1 atom stereocenters. The van der Waals surface area contributed by atoms with Crippen LogP contribution in [0, 0.1) is 6.92 Å². The minimum atomic E-state index is -0.886. The second kappa shape index (κ2) is 6.89. The first kappa shape index (κ1) is 15.8. The van der Waals surface area contributed by atoms with Gasteiger partial charge in [-0.25, -0.2) is 0 Å².